The second-order valence-electron chi connectivity index (χ2n) is 4.36. The lowest BCUT2D eigenvalue weighted by Crippen LogP contribution is -2.26. The maximum Gasteiger partial charge on any atom is 0.00361 e. The highest BCUT2D eigenvalue weighted by molar-refractivity contribution is 5.18. The topological polar surface area (TPSA) is 12.0 Å². The van der Waals surface area contributed by atoms with E-state index in [0.29, 0.717) is 12.0 Å². The van der Waals surface area contributed by atoms with E-state index in [1.807, 2.05) is 0 Å². The molecule has 0 aliphatic rings. The monoisotopic (exact) mass is 205 g/mol. The Labute approximate surface area is 93.9 Å². The third-order valence-electron chi connectivity index (χ3n) is 3.05. The van der Waals surface area contributed by atoms with Crippen molar-refractivity contribution in [3.05, 3.63) is 35.9 Å². The number of rotatable bonds is 6. The molecule has 1 N–H and O–H groups in total. The largest absolute Gasteiger partial charge is 0.314 e. The van der Waals surface area contributed by atoms with Crippen LogP contribution < -0.4 is 5.32 Å². The molecule has 0 aliphatic carbocycles. The van der Waals surface area contributed by atoms with E-state index in [9.17, 15) is 0 Å². The first kappa shape index (κ1) is 12.3. The van der Waals surface area contributed by atoms with Crippen molar-refractivity contribution in [2.75, 3.05) is 6.54 Å². The molecule has 0 fully saturated rings. The Morgan fingerprint density at radius 2 is 1.80 bits per heavy atom. The zero-order chi connectivity index (χ0) is 11.1. The molecule has 0 bridgehead atoms. The van der Waals surface area contributed by atoms with E-state index < -0.39 is 0 Å². The second-order valence-corrected chi connectivity index (χ2v) is 4.36. The van der Waals surface area contributed by atoms with Crippen molar-refractivity contribution in [1.29, 1.82) is 0 Å². The third kappa shape index (κ3) is 4.48. The van der Waals surface area contributed by atoms with Gasteiger partial charge in [0.2, 0.25) is 0 Å². The van der Waals surface area contributed by atoms with Crippen molar-refractivity contribution in [3.63, 3.8) is 0 Å². The summed E-state index contributed by atoms with van der Waals surface area (Å²) in [5.74, 6) is 0.655. The number of hydrogen-bond donors (Lipinski definition) is 1. The van der Waals surface area contributed by atoms with Gasteiger partial charge >= 0.3 is 0 Å². The summed E-state index contributed by atoms with van der Waals surface area (Å²) in [5.41, 5.74) is 1.45. The minimum absolute atomic E-state index is 0.646. The van der Waals surface area contributed by atoms with Crippen LogP contribution in [0.2, 0.25) is 0 Å². The fourth-order valence-electron chi connectivity index (χ4n) is 1.64. The van der Waals surface area contributed by atoms with Gasteiger partial charge < -0.3 is 5.32 Å². The minimum Gasteiger partial charge on any atom is -0.314 e. The second kappa shape index (κ2) is 6.62. The van der Waals surface area contributed by atoms with Gasteiger partial charge in [0, 0.05) is 6.04 Å². The SMILES string of the molecule is CC[C@H](C)NCC[C@@H](C)c1ccccc1. The van der Waals surface area contributed by atoms with Crippen LogP contribution in [0, 0.1) is 0 Å². The molecule has 2 atom stereocenters. The zero-order valence-electron chi connectivity index (χ0n) is 10.2. The fourth-order valence-corrected chi connectivity index (χ4v) is 1.64. The van der Waals surface area contributed by atoms with Crippen molar-refractivity contribution in [2.24, 2.45) is 0 Å². The molecule has 84 valence electrons. The van der Waals surface area contributed by atoms with Crippen LogP contribution >= 0.6 is 0 Å². The van der Waals surface area contributed by atoms with E-state index in [1.165, 1.54) is 18.4 Å². The van der Waals surface area contributed by atoms with Gasteiger partial charge in [-0.25, -0.2) is 0 Å². The van der Waals surface area contributed by atoms with Crippen LogP contribution in [-0.4, -0.2) is 12.6 Å². The molecule has 0 saturated heterocycles. The normalized spacial score (nSPS) is 14.9. The van der Waals surface area contributed by atoms with Gasteiger partial charge in [-0.1, -0.05) is 44.2 Å². The first-order valence-corrected chi connectivity index (χ1v) is 6.02. The highest BCUT2D eigenvalue weighted by Gasteiger charge is 2.04. The first-order chi connectivity index (χ1) is 7.24. The van der Waals surface area contributed by atoms with Crippen LogP contribution in [0.3, 0.4) is 0 Å². The number of hydrogen-bond acceptors (Lipinski definition) is 1. The molecule has 1 aromatic carbocycles. The lowest BCUT2D eigenvalue weighted by molar-refractivity contribution is 0.505. The molecule has 0 aromatic heterocycles. The van der Waals surface area contributed by atoms with E-state index in [4.69, 9.17) is 0 Å². The highest BCUT2D eigenvalue weighted by atomic mass is 14.9. The van der Waals surface area contributed by atoms with Crippen LogP contribution in [0.4, 0.5) is 0 Å². The minimum atomic E-state index is 0.646. The molecule has 1 aromatic rings. The van der Waals surface area contributed by atoms with Gasteiger partial charge in [-0.2, -0.15) is 0 Å². The first-order valence-electron chi connectivity index (χ1n) is 6.02. The average Bonchev–Trinajstić information content (AvgIpc) is 2.29. The zero-order valence-corrected chi connectivity index (χ0v) is 10.2. The van der Waals surface area contributed by atoms with E-state index in [-0.39, 0.29) is 0 Å². The molecule has 0 heterocycles. The standard InChI is InChI=1S/C14H23N/c1-4-13(3)15-11-10-12(2)14-8-6-5-7-9-14/h5-9,12-13,15H,4,10-11H2,1-3H3/t12-,13+/m1/s1. The van der Waals surface area contributed by atoms with E-state index >= 15 is 0 Å². The van der Waals surface area contributed by atoms with E-state index in [2.05, 4.69) is 56.4 Å². The maximum absolute atomic E-state index is 3.53. The molecular weight excluding hydrogens is 182 g/mol. The molecule has 0 saturated carbocycles. The Hall–Kier alpha value is -0.820. The Bertz CT molecular complexity index is 255. The van der Waals surface area contributed by atoms with E-state index in [0.717, 1.165) is 6.54 Å². The summed E-state index contributed by atoms with van der Waals surface area (Å²) < 4.78 is 0. The van der Waals surface area contributed by atoms with Crippen LogP contribution in [0.25, 0.3) is 0 Å². The summed E-state index contributed by atoms with van der Waals surface area (Å²) in [4.78, 5) is 0. The predicted octanol–water partition coefficient (Wildman–Crippen LogP) is 3.57. The summed E-state index contributed by atoms with van der Waals surface area (Å²) in [6.45, 7) is 7.88. The van der Waals surface area contributed by atoms with Crippen LogP contribution in [0.5, 0.6) is 0 Å². The quantitative estimate of drug-likeness (QED) is 0.748. The lowest BCUT2D eigenvalue weighted by atomic mass is 9.98. The van der Waals surface area contributed by atoms with Crippen molar-refractivity contribution < 1.29 is 0 Å². The van der Waals surface area contributed by atoms with Crippen molar-refractivity contribution in [3.8, 4) is 0 Å². The van der Waals surface area contributed by atoms with Gasteiger partial charge in [-0.3, -0.25) is 0 Å². The Morgan fingerprint density at radius 1 is 1.13 bits per heavy atom. The molecule has 0 aliphatic heterocycles. The van der Waals surface area contributed by atoms with Gasteiger partial charge in [-0.05, 0) is 37.8 Å². The summed E-state index contributed by atoms with van der Waals surface area (Å²) in [6, 6.07) is 11.4. The van der Waals surface area contributed by atoms with Gasteiger partial charge in [0.25, 0.3) is 0 Å². The maximum atomic E-state index is 3.53. The van der Waals surface area contributed by atoms with E-state index in [1.54, 1.807) is 0 Å². The van der Waals surface area contributed by atoms with Crippen LogP contribution in [-0.2, 0) is 0 Å². The summed E-state index contributed by atoms with van der Waals surface area (Å²) >= 11 is 0. The third-order valence-corrected chi connectivity index (χ3v) is 3.05. The summed E-state index contributed by atoms with van der Waals surface area (Å²) in [6.07, 6.45) is 2.42. The van der Waals surface area contributed by atoms with Crippen LogP contribution in [0.15, 0.2) is 30.3 Å². The smallest absolute Gasteiger partial charge is 0.00361 e. The van der Waals surface area contributed by atoms with Crippen molar-refractivity contribution in [2.45, 2.75) is 45.6 Å². The molecule has 0 amide bonds. The van der Waals surface area contributed by atoms with Crippen molar-refractivity contribution in [1.82, 2.24) is 5.32 Å². The molecule has 1 nitrogen and oxygen atoms in total. The molecular formula is C14H23N. The highest BCUT2D eigenvalue weighted by Crippen LogP contribution is 2.17. The van der Waals surface area contributed by atoms with Gasteiger partial charge in [0.15, 0.2) is 0 Å². The van der Waals surface area contributed by atoms with Gasteiger partial charge in [0.1, 0.15) is 0 Å². The van der Waals surface area contributed by atoms with Gasteiger partial charge in [-0.15, -0.1) is 0 Å². The number of benzene rings is 1. The number of nitrogens with one attached hydrogen (secondary N) is 1. The molecule has 1 heteroatoms. The Morgan fingerprint density at radius 3 is 2.40 bits per heavy atom. The Balaban J connectivity index is 2.28. The van der Waals surface area contributed by atoms with Gasteiger partial charge in [0.05, 0.1) is 0 Å². The van der Waals surface area contributed by atoms with Crippen LogP contribution in [0.1, 0.15) is 45.1 Å². The molecule has 0 unspecified atom stereocenters. The molecule has 15 heavy (non-hydrogen) atoms. The average molecular weight is 205 g/mol. The fraction of sp³-hybridized carbons (Fsp3) is 0.571. The molecule has 0 spiro atoms. The summed E-state index contributed by atoms with van der Waals surface area (Å²) in [7, 11) is 0. The summed E-state index contributed by atoms with van der Waals surface area (Å²) in [5, 5.41) is 3.53. The lowest BCUT2D eigenvalue weighted by Gasteiger charge is -2.15. The molecule has 0 radical (unpaired) electrons. The Kier molecular flexibility index (Phi) is 5.41. The predicted molar refractivity (Wildman–Crippen MR) is 67.2 cm³/mol. The van der Waals surface area contributed by atoms with Crippen molar-refractivity contribution >= 4 is 0 Å². The molecule has 1 rings (SSSR count).